The van der Waals surface area contributed by atoms with Gasteiger partial charge in [0.2, 0.25) is 0 Å². The topological polar surface area (TPSA) is 52.1 Å². The largest absolute Gasteiger partial charge is 0.465 e. The normalized spacial score (nSPS) is 10.0. The minimum atomic E-state index is -0.332. The van der Waals surface area contributed by atoms with E-state index in [1.165, 1.54) is 13.4 Å². The molecule has 0 aliphatic rings. The molecule has 0 unspecified atom stereocenters. The monoisotopic (exact) mass is 228 g/mol. The van der Waals surface area contributed by atoms with E-state index >= 15 is 0 Å². The maximum Gasteiger partial charge on any atom is 0.338 e. The number of hydrogen-bond acceptors (Lipinski definition) is 4. The van der Waals surface area contributed by atoms with Crippen molar-refractivity contribution in [2.45, 2.75) is 6.92 Å². The van der Waals surface area contributed by atoms with Crippen LogP contribution in [0, 0.1) is 6.92 Å². The Labute approximate surface area is 99.3 Å². The Morgan fingerprint density at radius 1 is 1.18 bits per heavy atom. The molecule has 0 radical (unpaired) electrons. The zero-order valence-corrected chi connectivity index (χ0v) is 9.68. The smallest absolute Gasteiger partial charge is 0.338 e. The van der Waals surface area contributed by atoms with Crippen LogP contribution < -0.4 is 0 Å². The summed E-state index contributed by atoms with van der Waals surface area (Å²) in [5, 5.41) is 0. The number of rotatable bonds is 2. The maximum atomic E-state index is 11.6. The van der Waals surface area contributed by atoms with E-state index in [1.807, 2.05) is 19.1 Å². The molecule has 2 aromatic rings. The number of nitrogens with zero attached hydrogens (tertiary/aromatic N) is 2. The number of aryl methyl sites for hydroxylation is 1. The number of aromatic nitrogens is 2. The van der Waals surface area contributed by atoms with Crippen LogP contribution in [0.4, 0.5) is 0 Å². The van der Waals surface area contributed by atoms with Gasteiger partial charge in [-0.3, -0.25) is 0 Å². The second-order valence-electron chi connectivity index (χ2n) is 3.65. The van der Waals surface area contributed by atoms with E-state index in [2.05, 4.69) is 9.97 Å². The van der Waals surface area contributed by atoms with Crippen molar-refractivity contribution in [3.05, 3.63) is 48.0 Å². The highest BCUT2D eigenvalue weighted by atomic mass is 16.5. The van der Waals surface area contributed by atoms with Crippen molar-refractivity contribution in [1.29, 1.82) is 0 Å². The quantitative estimate of drug-likeness (QED) is 0.740. The summed E-state index contributed by atoms with van der Waals surface area (Å²) in [5.74, 6) is -0.332. The highest BCUT2D eigenvalue weighted by molar-refractivity contribution is 5.92. The summed E-state index contributed by atoms with van der Waals surface area (Å²) in [5.41, 5.74) is 3.22. The van der Waals surface area contributed by atoms with Gasteiger partial charge in [0.25, 0.3) is 0 Å². The third kappa shape index (κ3) is 2.30. The number of esters is 1. The molecular weight excluding hydrogens is 216 g/mol. The van der Waals surface area contributed by atoms with Gasteiger partial charge < -0.3 is 4.74 Å². The molecule has 1 aromatic heterocycles. The number of carbonyl (C=O) groups is 1. The molecule has 0 saturated carbocycles. The molecule has 0 N–H and O–H groups in total. The lowest BCUT2D eigenvalue weighted by atomic mass is 10.0. The zero-order valence-electron chi connectivity index (χ0n) is 9.68. The Kier molecular flexibility index (Phi) is 3.14. The van der Waals surface area contributed by atoms with Crippen molar-refractivity contribution in [3.63, 3.8) is 0 Å². The fraction of sp³-hybridized carbons (Fsp3) is 0.154. The predicted molar refractivity (Wildman–Crippen MR) is 63.5 cm³/mol. The van der Waals surface area contributed by atoms with Gasteiger partial charge in [0, 0.05) is 18.0 Å². The summed E-state index contributed by atoms with van der Waals surface area (Å²) in [6.07, 6.45) is 4.89. The Morgan fingerprint density at radius 3 is 2.53 bits per heavy atom. The lowest BCUT2D eigenvalue weighted by Gasteiger charge is -2.06. The average molecular weight is 228 g/mol. The third-order valence-electron chi connectivity index (χ3n) is 2.54. The first-order valence-electron chi connectivity index (χ1n) is 5.16. The number of benzene rings is 1. The first-order chi connectivity index (χ1) is 8.22. The summed E-state index contributed by atoms with van der Waals surface area (Å²) in [6, 6.07) is 5.61. The van der Waals surface area contributed by atoms with Gasteiger partial charge in [-0.2, -0.15) is 0 Å². The number of methoxy groups -OCH3 is 1. The van der Waals surface area contributed by atoms with Crippen molar-refractivity contribution >= 4 is 5.97 Å². The first kappa shape index (κ1) is 11.3. The van der Waals surface area contributed by atoms with E-state index in [9.17, 15) is 4.79 Å². The van der Waals surface area contributed by atoms with Crippen LogP contribution >= 0.6 is 0 Å². The van der Waals surface area contributed by atoms with E-state index in [-0.39, 0.29) is 5.97 Å². The lowest BCUT2D eigenvalue weighted by molar-refractivity contribution is 0.0600. The SMILES string of the molecule is COC(=O)c1cc(-c2cncnc2)ccc1C. The van der Waals surface area contributed by atoms with E-state index < -0.39 is 0 Å². The Balaban J connectivity index is 2.48. The van der Waals surface area contributed by atoms with Crippen LogP contribution in [-0.4, -0.2) is 23.0 Å². The van der Waals surface area contributed by atoms with Crippen molar-refractivity contribution in [2.75, 3.05) is 7.11 Å². The summed E-state index contributed by atoms with van der Waals surface area (Å²) < 4.78 is 4.74. The van der Waals surface area contributed by atoms with Crippen molar-refractivity contribution in [3.8, 4) is 11.1 Å². The van der Waals surface area contributed by atoms with E-state index in [4.69, 9.17) is 4.74 Å². The van der Waals surface area contributed by atoms with E-state index in [0.29, 0.717) is 5.56 Å². The number of carbonyl (C=O) groups excluding carboxylic acids is 1. The van der Waals surface area contributed by atoms with Crippen LogP contribution in [0.2, 0.25) is 0 Å². The molecule has 1 aromatic carbocycles. The second-order valence-corrected chi connectivity index (χ2v) is 3.65. The van der Waals surface area contributed by atoms with Crippen LogP contribution in [0.5, 0.6) is 0 Å². The van der Waals surface area contributed by atoms with Crippen LogP contribution in [0.1, 0.15) is 15.9 Å². The molecule has 4 heteroatoms. The summed E-state index contributed by atoms with van der Waals surface area (Å²) in [4.78, 5) is 19.5. The van der Waals surface area contributed by atoms with Gasteiger partial charge in [0.15, 0.2) is 0 Å². The molecule has 0 aliphatic heterocycles. The molecule has 0 amide bonds. The standard InChI is InChI=1S/C13H12N2O2/c1-9-3-4-10(5-12(9)13(16)17-2)11-6-14-8-15-7-11/h3-8H,1-2H3. The molecule has 0 bridgehead atoms. The molecule has 2 rings (SSSR count). The molecular formula is C13H12N2O2. The van der Waals surface area contributed by atoms with Crippen molar-refractivity contribution in [2.24, 2.45) is 0 Å². The highest BCUT2D eigenvalue weighted by Gasteiger charge is 2.10. The van der Waals surface area contributed by atoms with Crippen molar-refractivity contribution < 1.29 is 9.53 Å². The van der Waals surface area contributed by atoms with Gasteiger partial charge in [-0.1, -0.05) is 12.1 Å². The molecule has 86 valence electrons. The summed E-state index contributed by atoms with van der Waals surface area (Å²) >= 11 is 0. The minimum Gasteiger partial charge on any atom is -0.465 e. The number of ether oxygens (including phenoxy) is 1. The van der Waals surface area contributed by atoms with Crippen molar-refractivity contribution in [1.82, 2.24) is 9.97 Å². The van der Waals surface area contributed by atoms with Crippen LogP contribution in [0.15, 0.2) is 36.9 Å². The Morgan fingerprint density at radius 2 is 1.88 bits per heavy atom. The molecule has 0 saturated heterocycles. The van der Waals surface area contributed by atoms with Gasteiger partial charge in [-0.05, 0) is 24.1 Å². The summed E-state index contributed by atoms with van der Waals surface area (Å²) in [6.45, 7) is 1.87. The van der Waals surface area contributed by atoms with Gasteiger partial charge in [-0.15, -0.1) is 0 Å². The van der Waals surface area contributed by atoms with Gasteiger partial charge in [0.05, 0.1) is 12.7 Å². The summed E-state index contributed by atoms with van der Waals surface area (Å²) in [7, 11) is 1.38. The van der Waals surface area contributed by atoms with E-state index in [1.54, 1.807) is 18.5 Å². The van der Waals surface area contributed by atoms with Crippen LogP contribution in [-0.2, 0) is 4.74 Å². The molecule has 0 atom stereocenters. The maximum absolute atomic E-state index is 11.6. The van der Waals surface area contributed by atoms with Crippen LogP contribution in [0.25, 0.3) is 11.1 Å². The Bertz CT molecular complexity index is 538. The second kappa shape index (κ2) is 4.74. The zero-order chi connectivity index (χ0) is 12.3. The third-order valence-corrected chi connectivity index (χ3v) is 2.54. The van der Waals surface area contributed by atoms with Gasteiger partial charge >= 0.3 is 5.97 Å². The fourth-order valence-corrected chi connectivity index (χ4v) is 1.58. The molecule has 1 heterocycles. The molecule has 0 spiro atoms. The lowest BCUT2D eigenvalue weighted by Crippen LogP contribution is -2.03. The molecule has 0 fully saturated rings. The van der Waals surface area contributed by atoms with Crippen LogP contribution in [0.3, 0.4) is 0 Å². The molecule has 0 aliphatic carbocycles. The first-order valence-corrected chi connectivity index (χ1v) is 5.16. The minimum absolute atomic E-state index is 0.332. The van der Waals surface area contributed by atoms with Gasteiger partial charge in [-0.25, -0.2) is 14.8 Å². The molecule has 4 nitrogen and oxygen atoms in total. The average Bonchev–Trinajstić information content (AvgIpc) is 2.39. The molecule has 17 heavy (non-hydrogen) atoms. The Hall–Kier alpha value is -2.23. The number of hydrogen-bond donors (Lipinski definition) is 0. The van der Waals surface area contributed by atoms with E-state index in [0.717, 1.165) is 16.7 Å². The van der Waals surface area contributed by atoms with Gasteiger partial charge in [0.1, 0.15) is 6.33 Å². The fourth-order valence-electron chi connectivity index (χ4n) is 1.58. The predicted octanol–water partition coefficient (Wildman–Crippen LogP) is 2.24. The highest BCUT2D eigenvalue weighted by Crippen LogP contribution is 2.21.